The molecule has 0 radical (unpaired) electrons. The van der Waals surface area contributed by atoms with E-state index < -0.39 is 5.82 Å². The summed E-state index contributed by atoms with van der Waals surface area (Å²) >= 11 is 5.68. The van der Waals surface area contributed by atoms with E-state index in [0.29, 0.717) is 18.2 Å². The van der Waals surface area contributed by atoms with Crippen LogP contribution < -0.4 is 5.32 Å². The lowest BCUT2D eigenvalue weighted by Crippen LogP contribution is -2.38. The number of hydrogen-bond donors (Lipinski definition) is 1. The number of amides is 1. The molecule has 1 aromatic rings. The van der Waals surface area contributed by atoms with Crippen LogP contribution in [0, 0.1) is 5.82 Å². The van der Waals surface area contributed by atoms with Gasteiger partial charge in [-0.15, -0.1) is 0 Å². The fourth-order valence-corrected chi connectivity index (χ4v) is 2.58. The first kappa shape index (κ1) is 14.3. The molecule has 1 N–H and O–H groups in total. The Hall–Kier alpha value is -1.13. The van der Waals surface area contributed by atoms with E-state index in [1.165, 1.54) is 31.0 Å². The Morgan fingerprint density at radius 2 is 2.32 bits per heavy atom. The highest BCUT2D eigenvalue weighted by molar-refractivity contribution is 6.31. The number of piperidine rings is 1. The molecule has 1 amide bonds. The third kappa shape index (κ3) is 3.91. The van der Waals surface area contributed by atoms with Crippen LogP contribution in [-0.2, 0) is 4.79 Å². The molecule has 1 fully saturated rings. The van der Waals surface area contributed by atoms with Crippen molar-refractivity contribution in [3.8, 4) is 0 Å². The lowest BCUT2D eigenvalue weighted by atomic mass is 10.00. The molecule has 0 saturated carbocycles. The van der Waals surface area contributed by atoms with Gasteiger partial charge in [-0.3, -0.25) is 4.79 Å². The predicted molar refractivity (Wildman–Crippen MR) is 74.9 cm³/mol. The van der Waals surface area contributed by atoms with E-state index in [0.717, 1.165) is 13.0 Å². The van der Waals surface area contributed by atoms with E-state index in [1.807, 2.05) is 7.05 Å². The second-order valence-corrected chi connectivity index (χ2v) is 5.42. The Morgan fingerprint density at radius 1 is 1.53 bits per heavy atom. The third-order valence-electron chi connectivity index (χ3n) is 3.55. The topological polar surface area (TPSA) is 32.3 Å². The minimum absolute atomic E-state index is 0.0209. The summed E-state index contributed by atoms with van der Waals surface area (Å²) in [6.45, 7) is 1.04. The normalized spacial score (nSPS) is 20.3. The van der Waals surface area contributed by atoms with Crippen LogP contribution in [0.2, 0.25) is 5.02 Å². The maximum absolute atomic E-state index is 13.0. The molecule has 0 spiro atoms. The standard InChI is InChI=1S/C14H18ClFN2O/c1-18-7-3-2-4-11(18)9-14(19)17-10-5-6-13(16)12(15)8-10/h5-6,8,11H,2-4,7,9H2,1H3,(H,17,19). The van der Waals surface area contributed by atoms with Gasteiger partial charge in [-0.05, 0) is 44.6 Å². The highest BCUT2D eigenvalue weighted by Gasteiger charge is 2.21. The van der Waals surface area contributed by atoms with Gasteiger partial charge in [0.15, 0.2) is 0 Å². The first-order valence-electron chi connectivity index (χ1n) is 6.51. The van der Waals surface area contributed by atoms with Crippen molar-refractivity contribution >= 4 is 23.2 Å². The van der Waals surface area contributed by atoms with Gasteiger partial charge in [0, 0.05) is 18.2 Å². The Kier molecular flexibility index (Phi) is 4.77. The molecule has 1 saturated heterocycles. The summed E-state index contributed by atoms with van der Waals surface area (Å²) in [5.41, 5.74) is 0.537. The SMILES string of the molecule is CN1CCCCC1CC(=O)Nc1ccc(F)c(Cl)c1. The van der Waals surface area contributed by atoms with Crippen molar-refractivity contribution in [1.82, 2.24) is 4.90 Å². The van der Waals surface area contributed by atoms with Crippen molar-refractivity contribution < 1.29 is 9.18 Å². The van der Waals surface area contributed by atoms with Crippen LogP contribution in [0.25, 0.3) is 0 Å². The number of rotatable bonds is 3. The Bertz CT molecular complexity index is 467. The van der Waals surface area contributed by atoms with E-state index in [-0.39, 0.29) is 10.9 Å². The number of nitrogens with zero attached hydrogens (tertiary/aromatic N) is 1. The summed E-state index contributed by atoms with van der Waals surface area (Å²) < 4.78 is 13.0. The summed E-state index contributed by atoms with van der Waals surface area (Å²) in [7, 11) is 2.05. The fourth-order valence-electron chi connectivity index (χ4n) is 2.40. The molecule has 1 aromatic carbocycles. The third-order valence-corrected chi connectivity index (χ3v) is 3.84. The molecule has 104 valence electrons. The number of anilines is 1. The van der Waals surface area contributed by atoms with Gasteiger partial charge in [-0.1, -0.05) is 18.0 Å². The van der Waals surface area contributed by atoms with Crippen LogP contribution in [0.4, 0.5) is 10.1 Å². The highest BCUT2D eigenvalue weighted by atomic mass is 35.5. The first-order chi connectivity index (χ1) is 9.06. The second-order valence-electron chi connectivity index (χ2n) is 5.01. The van der Waals surface area contributed by atoms with E-state index in [4.69, 9.17) is 11.6 Å². The largest absolute Gasteiger partial charge is 0.326 e. The molecular formula is C14H18ClFN2O. The lowest BCUT2D eigenvalue weighted by Gasteiger charge is -2.31. The average molecular weight is 285 g/mol. The summed E-state index contributed by atoms with van der Waals surface area (Å²) in [6.07, 6.45) is 3.88. The number of hydrogen-bond acceptors (Lipinski definition) is 2. The van der Waals surface area contributed by atoms with Crippen LogP contribution in [0.1, 0.15) is 25.7 Å². The van der Waals surface area contributed by atoms with Gasteiger partial charge in [-0.25, -0.2) is 4.39 Å². The van der Waals surface area contributed by atoms with Crippen LogP contribution in [-0.4, -0.2) is 30.4 Å². The molecule has 0 aliphatic carbocycles. The van der Waals surface area contributed by atoms with E-state index in [9.17, 15) is 9.18 Å². The molecule has 1 unspecified atom stereocenters. The molecule has 1 heterocycles. The number of nitrogens with one attached hydrogen (secondary N) is 1. The maximum atomic E-state index is 13.0. The van der Waals surface area contributed by atoms with Crippen molar-refractivity contribution in [2.75, 3.05) is 18.9 Å². The van der Waals surface area contributed by atoms with Gasteiger partial charge in [-0.2, -0.15) is 0 Å². The number of carbonyl (C=O) groups excluding carboxylic acids is 1. The molecule has 19 heavy (non-hydrogen) atoms. The van der Waals surface area contributed by atoms with Crippen LogP contribution >= 0.6 is 11.6 Å². The molecular weight excluding hydrogens is 267 g/mol. The quantitative estimate of drug-likeness (QED) is 0.924. The van der Waals surface area contributed by atoms with Gasteiger partial charge in [0.2, 0.25) is 5.91 Å². The Morgan fingerprint density at radius 3 is 3.00 bits per heavy atom. The van der Waals surface area contributed by atoms with Gasteiger partial charge >= 0.3 is 0 Å². The minimum Gasteiger partial charge on any atom is -0.326 e. The maximum Gasteiger partial charge on any atom is 0.225 e. The van der Waals surface area contributed by atoms with Gasteiger partial charge < -0.3 is 10.2 Å². The number of likely N-dealkylation sites (tertiary alicyclic amines) is 1. The Balaban J connectivity index is 1.91. The molecule has 2 rings (SSSR count). The zero-order valence-electron chi connectivity index (χ0n) is 11.0. The number of halogens is 2. The molecule has 3 nitrogen and oxygen atoms in total. The molecule has 1 aliphatic heterocycles. The van der Waals surface area contributed by atoms with Crippen molar-refractivity contribution in [3.05, 3.63) is 29.0 Å². The van der Waals surface area contributed by atoms with E-state index in [2.05, 4.69) is 10.2 Å². The predicted octanol–water partition coefficient (Wildman–Crippen LogP) is 3.29. The molecule has 1 aliphatic rings. The van der Waals surface area contributed by atoms with Crippen molar-refractivity contribution in [2.24, 2.45) is 0 Å². The van der Waals surface area contributed by atoms with Gasteiger partial charge in [0.05, 0.1) is 5.02 Å². The smallest absolute Gasteiger partial charge is 0.225 e. The van der Waals surface area contributed by atoms with Crippen molar-refractivity contribution in [3.63, 3.8) is 0 Å². The summed E-state index contributed by atoms with van der Waals surface area (Å²) in [6, 6.07) is 4.50. The average Bonchev–Trinajstić information content (AvgIpc) is 2.37. The summed E-state index contributed by atoms with van der Waals surface area (Å²) in [4.78, 5) is 14.2. The van der Waals surface area contributed by atoms with E-state index in [1.54, 1.807) is 0 Å². The van der Waals surface area contributed by atoms with Gasteiger partial charge in [0.25, 0.3) is 0 Å². The monoisotopic (exact) mass is 284 g/mol. The zero-order valence-corrected chi connectivity index (χ0v) is 11.7. The minimum atomic E-state index is -0.480. The summed E-state index contributed by atoms with van der Waals surface area (Å²) in [5, 5.41) is 2.78. The fraction of sp³-hybridized carbons (Fsp3) is 0.500. The van der Waals surface area contributed by atoms with Crippen LogP contribution in [0.15, 0.2) is 18.2 Å². The molecule has 0 bridgehead atoms. The molecule has 0 aromatic heterocycles. The first-order valence-corrected chi connectivity index (χ1v) is 6.89. The number of carbonyl (C=O) groups is 1. The number of benzene rings is 1. The van der Waals surface area contributed by atoms with Crippen molar-refractivity contribution in [2.45, 2.75) is 31.7 Å². The Labute approximate surface area is 117 Å². The lowest BCUT2D eigenvalue weighted by molar-refractivity contribution is -0.117. The zero-order chi connectivity index (χ0) is 13.8. The van der Waals surface area contributed by atoms with Gasteiger partial charge in [0.1, 0.15) is 5.82 Å². The molecule has 1 atom stereocenters. The van der Waals surface area contributed by atoms with Crippen molar-refractivity contribution in [1.29, 1.82) is 0 Å². The second kappa shape index (κ2) is 6.35. The highest BCUT2D eigenvalue weighted by Crippen LogP contribution is 2.21. The van der Waals surface area contributed by atoms with Crippen LogP contribution in [0.3, 0.4) is 0 Å². The molecule has 5 heteroatoms. The summed E-state index contributed by atoms with van der Waals surface area (Å²) in [5.74, 6) is -0.534. The van der Waals surface area contributed by atoms with Crippen LogP contribution in [0.5, 0.6) is 0 Å². The van der Waals surface area contributed by atoms with E-state index >= 15 is 0 Å².